The van der Waals surface area contributed by atoms with Crippen LogP contribution in [0.2, 0.25) is 0 Å². The largest absolute Gasteiger partial charge is 0.309 e. The van der Waals surface area contributed by atoms with Crippen LogP contribution in [-0.4, -0.2) is 24.0 Å². The Morgan fingerprint density at radius 2 is 2.11 bits per heavy atom. The fraction of sp³-hybridized carbons (Fsp3) is 0.533. The van der Waals surface area contributed by atoms with E-state index < -0.39 is 5.54 Å². The van der Waals surface area contributed by atoms with Gasteiger partial charge in [-0.15, -0.1) is 0 Å². The van der Waals surface area contributed by atoms with E-state index in [2.05, 4.69) is 11.0 Å². The molecule has 2 aliphatic rings. The molecule has 3 rings (SSSR count). The minimum Gasteiger partial charge on any atom is -0.309 e. The van der Waals surface area contributed by atoms with E-state index in [4.69, 9.17) is 5.73 Å². The third-order valence-corrected chi connectivity index (χ3v) is 4.46. The van der Waals surface area contributed by atoms with Gasteiger partial charge < -0.3 is 5.73 Å². The van der Waals surface area contributed by atoms with Crippen LogP contribution in [-0.2, 0) is 5.54 Å². The first-order valence-corrected chi connectivity index (χ1v) is 6.71. The van der Waals surface area contributed by atoms with E-state index >= 15 is 0 Å². The number of fused-ring (bicyclic) bond motifs is 2. The lowest BCUT2D eigenvalue weighted by Gasteiger charge is -2.33. The summed E-state index contributed by atoms with van der Waals surface area (Å²) < 4.78 is 0. The van der Waals surface area contributed by atoms with Crippen molar-refractivity contribution >= 4 is 0 Å². The third kappa shape index (κ3) is 1.92. The number of hydrogen-bond donors (Lipinski definition) is 1. The summed E-state index contributed by atoms with van der Waals surface area (Å²) in [5, 5.41) is 9.47. The second kappa shape index (κ2) is 4.38. The molecule has 3 nitrogen and oxygen atoms in total. The molecule has 1 aliphatic carbocycles. The number of benzene rings is 1. The molecule has 1 aliphatic heterocycles. The standard InChI is InChI=1S/C15H19N3/c16-10-15(17,13-4-2-1-3-5-13)11-18-9-12-6-7-14(18)8-12/h1-5,12,14H,6-9,11,17H2. The van der Waals surface area contributed by atoms with Crippen LogP contribution in [0.4, 0.5) is 0 Å². The second-order valence-corrected chi connectivity index (χ2v) is 5.71. The van der Waals surface area contributed by atoms with E-state index in [0.29, 0.717) is 12.6 Å². The molecule has 18 heavy (non-hydrogen) atoms. The predicted octanol–water partition coefficient (Wildman–Crippen LogP) is 1.85. The number of nitrogens with zero attached hydrogens (tertiary/aromatic N) is 2. The molecule has 1 saturated heterocycles. The van der Waals surface area contributed by atoms with Crippen LogP contribution in [0, 0.1) is 17.2 Å². The van der Waals surface area contributed by atoms with E-state index in [1.165, 1.54) is 19.3 Å². The molecule has 3 atom stereocenters. The Bertz CT molecular complexity index is 464. The first-order chi connectivity index (χ1) is 8.71. The van der Waals surface area contributed by atoms with Crippen LogP contribution in [0.1, 0.15) is 24.8 Å². The van der Waals surface area contributed by atoms with Crippen molar-refractivity contribution in [2.24, 2.45) is 11.7 Å². The van der Waals surface area contributed by atoms with Crippen LogP contribution in [0.25, 0.3) is 0 Å². The fourth-order valence-corrected chi connectivity index (χ4v) is 3.47. The molecule has 3 unspecified atom stereocenters. The summed E-state index contributed by atoms with van der Waals surface area (Å²) >= 11 is 0. The summed E-state index contributed by atoms with van der Waals surface area (Å²) in [5.41, 5.74) is 6.38. The van der Waals surface area contributed by atoms with E-state index in [9.17, 15) is 5.26 Å². The number of nitrogens with two attached hydrogens (primary N) is 1. The van der Waals surface area contributed by atoms with Gasteiger partial charge in [0, 0.05) is 19.1 Å². The fourth-order valence-electron chi connectivity index (χ4n) is 3.47. The highest BCUT2D eigenvalue weighted by Crippen LogP contribution is 2.38. The molecule has 0 aromatic heterocycles. The van der Waals surface area contributed by atoms with Gasteiger partial charge in [-0.1, -0.05) is 30.3 Å². The topological polar surface area (TPSA) is 53.1 Å². The highest BCUT2D eigenvalue weighted by atomic mass is 15.2. The summed E-state index contributed by atoms with van der Waals surface area (Å²) in [6.07, 6.45) is 3.94. The first kappa shape index (κ1) is 11.7. The van der Waals surface area contributed by atoms with Crippen LogP contribution < -0.4 is 5.73 Å². The van der Waals surface area contributed by atoms with Crippen LogP contribution in [0.3, 0.4) is 0 Å². The maximum atomic E-state index is 9.47. The van der Waals surface area contributed by atoms with Crippen molar-refractivity contribution in [3.63, 3.8) is 0 Å². The number of hydrogen-bond acceptors (Lipinski definition) is 3. The van der Waals surface area contributed by atoms with Gasteiger partial charge in [-0.05, 0) is 30.7 Å². The Labute approximate surface area is 108 Å². The van der Waals surface area contributed by atoms with Gasteiger partial charge in [0.1, 0.15) is 5.54 Å². The zero-order chi connectivity index (χ0) is 12.6. The Morgan fingerprint density at radius 3 is 2.67 bits per heavy atom. The van der Waals surface area contributed by atoms with E-state index in [0.717, 1.165) is 18.0 Å². The molecule has 3 heteroatoms. The van der Waals surface area contributed by atoms with Gasteiger partial charge >= 0.3 is 0 Å². The van der Waals surface area contributed by atoms with Gasteiger partial charge in [-0.25, -0.2) is 0 Å². The van der Waals surface area contributed by atoms with E-state index in [1.807, 2.05) is 30.3 Å². The van der Waals surface area contributed by atoms with Crippen molar-refractivity contribution < 1.29 is 0 Å². The van der Waals surface area contributed by atoms with Crippen molar-refractivity contribution in [3.05, 3.63) is 35.9 Å². The van der Waals surface area contributed by atoms with Gasteiger partial charge in [0.2, 0.25) is 0 Å². The summed E-state index contributed by atoms with van der Waals surface area (Å²) in [6.45, 7) is 1.78. The quantitative estimate of drug-likeness (QED) is 0.878. The summed E-state index contributed by atoms with van der Waals surface area (Å²) in [7, 11) is 0. The lowest BCUT2D eigenvalue weighted by molar-refractivity contribution is 0.184. The Hall–Kier alpha value is -1.37. The second-order valence-electron chi connectivity index (χ2n) is 5.71. The lowest BCUT2D eigenvalue weighted by atomic mass is 9.91. The smallest absolute Gasteiger partial charge is 0.142 e. The van der Waals surface area contributed by atoms with Gasteiger partial charge in [0.15, 0.2) is 0 Å². The number of nitriles is 1. The molecule has 1 saturated carbocycles. The molecule has 0 spiro atoms. The lowest BCUT2D eigenvalue weighted by Crippen LogP contribution is -2.49. The minimum atomic E-state index is -0.869. The Kier molecular flexibility index (Phi) is 2.85. The third-order valence-electron chi connectivity index (χ3n) is 4.46. The van der Waals surface area contributed by atoms with Crippen molar-refractivity contribution in [1.29, 1.82) is 5.26 Å². The number of likely N-dealkylation sites (tertiary alicyclic amines) is 1. The van der Waals surface area contributed by atoms with Crippen molar-refractivity contribution in [1.82, 2.24) is 4.90 Å². The molecular formula is C15H19N3. The first-order valence-electron chi connectivity index (χ1n) is 6.71. The van der Waals surface area contributed by atoms with Gasteiger partial charge in [0.05, 0.1) is 6.07 Å². The highest BCUT2D eigenvalue weighted by molar-refractivity contribution is 5.31. The average Bonchev–Trinajstić information content (AvgIpc) is 3.02. The molecule has 1 aromatic rings. The van der Waals surface area contributed by atoms with Gasteiger partial charge in [0.25, 0.3) is 0 Å². The number of rotatable bonds is 3. The van der Waals surface area contributed by atoms with Gasteiger partial charge in [-0.2, -0.15) is 5.26 Å². The minimum absolute atomic E-state index is 0.661. The molecule has 0 radical (unpaired) electrons. The molecule has 2 fully saturated rings. The zero-order valence-corrected chi connectivity index (χ0v) is 10.5. The van der Waals surface area contributed by atoms with Crippen molar-refractivity contribution in [2.75, 3.05) is 13.1 Å². The molecule has 1 heterocycles. The molecular weight excluding hydrogens is 222 g/mol. The van der Waals surface area contributed by atoms with Gasteiger partial charge in [-0.3, -0.25) is 4.90 Å². The molecule has 0 amide bonds. The maximum Gasteiger partial charge on any atom is 0.142 e. The highest BCUT2D eigenvalue weighted by Gasteiger charge is 2.41. The van der Waals surface area contributed by atoms with Crippen molar-refractivity contribution in [3.8, 4) is 6.07 Å². The summed E-state index contributed by atoms with van der Waals surface area (Å²) in [6, 6.07) is 12.7. The summed E-state index contributed by atoms with van der Waals surface area (Å²) in [4.78, 5) is 2.42. The van der Waals surface area contributed by atoms with E-state index in [1.54, 1.807) is 0 Å². The zero-order valence-electron chi connectivity index (χ0n) is 10.5. The SMILES string of the molecule is N#CC(N)(CN1CC2CCC1C2)c1ccccc1. The molecule has 94 valence electrons. The predicted molar refractivity (Wildman–Crippen MR) is 70.6 cm³/mol. The normalized spacial score (nSPS) is 30.0. The maximum absolute atomic E-state index is 9.47. The Morgan fingerprint density at radius 1 is 1.33 bits per heavy atom. The average molecular weight is 241 g/mol. The Balaban J connectivity index is 1.79. The number of piperidine rings is 1. The monoisotopic (exact) mass is 241 g/mol. The van der Waals surface area contributed by atoms with Crippen LogP contribution >= 0.6 is 0 Å². The molecule has 1 aromatic carbocycles. The molecule has 2 bridgehead atoms. The van der Waals surface area contributed by atoms with Crippen LogP contribution in [0.15, 0.2) is 30.3 Å². The van der Waals surface area contributed by atoms with Crippen molar-refractivity contribution in [2.45, 2.75) is 30.8 Å². The van der Waals surface area contributed by atoms with Crippen LogP contribution in [0.5, 0.6) is 0 Å². The van der Waals surface area contributed by atoms with E-state index in [-0.39, 0.29) is 0 Å². The summed E-state index contributed by atoms with van der Waals surface area (Å²) in [5.74, 6) is 0.841. The molecule has 2 N–H and O–H groups in total.